The Morgan fingerprint density at radius 2 is 2.04 bits per heavy atom. The monoisotopic (exact) mass is 384 g/mol. The fraction of sp³-hybridized carbons (Fsp3) is 0.524. The Balaban J connectivity index is 1.40. The molecule has 4 rings (SSSR count). The molecule has 1 N–H and O–H groups in total. The molecular formula is C21H28N4O3. The van der Waals surface area contributed by atoms with Crippen molar-refractivity contribution in [1.82, 2.24) is 19.8 Å². The average Bonchev–Trinajstić information content (AvgIpc) is 3.37. The van der Waals surface area contributed by atoms with Crippen molar-refractivity contribution in [2.45, 2.75) is 44.8 Å². The second-order valence-corrected chi connectivity index (χ2v) is 7.60. The quantitative estimate of drug-likeness (QED) is 0.792. The summed E-state index contributed by atoms with van der Waals surface area (Å²) in [6, 6.07) is 6.58. The maximum absolute atomic E-state index is 12.7. The second kappa shape index (κ2) is 7.83. The van der Waals surface area contributed by atoms with E-state index in [1.54, 1.807) is 20.5 Å². The highest BCUT2D eigenvalue weighted by molar-refractivity contribution is 5.80. The number of amides is 1. The van der Waals surface area contributed by atoms with Crippen LogP contribution in [0, 0.1) is 6.92 Å². The minimum Gasteiger partial charge on any atom is -0.493 e. The Morgan fingerprint density at radius 3 is 2.75 bits per heavy atom. The fourth-order valence-electron chi connectivity index (χ4n) is 4.52. The molecule has 3 heterocycles. The van der Waals surface area contributed by atoms with Crippen molar-refractivity contribution >= 4 is 5.91 Å². The van der Waals surface area contributed by atoms with E-state index >= 15 is 0 Å². The first-order valence-corrected chi connectivity index (χ1v) is 9.84. The number of imidazole rings is 1. The Labute approximate surface area is 165 Å². The number of methoxy groups -OCH3 is 2. The van der Waals surface area contributed by atoms with Crippen LogP contribution in [-0.2, 0) is 17.8 Å². The number of nitrogens with one attached hydrogen (secondary N) is 1. The molecule has 1 aromatic carbocycles. The number of benzene rings is 1. The van der Waals surface area contributed by atoms with Crippen LogP contribution in [0.3, 0.4) is 0 Å². The number of fused-ring (bicyclic) bond motifs is 1. The molecule has 0 unspecified atom stereocenters. The van der Waals surface area contributed by atoms with Gasteiger partial charge in [0.05, 0.1) is 26.2 Å². The van der Waals surface area contributed by atoms with Crippen LogP contribution in [0.5, 0.6) is 11.5 Å². The highest BCUT2D eigenvalue weighted by atomic mass is 16.5. The lowest BCUT2D eigenvalue weighted by Gasteiger charge is -2.25. The minimum absolute atomic E-state index is 0.263. The molecule has 2 fully saturated rings. The maximum atomic E-state index is 12.7. The molecule has 2 aliphatic rings. The Kier molecular flexibility index (Phi) is 5.26. The van der Waals surface area contributed by atoms with E-state index < -0.39 is 0 Å². The van der Waals surface area contributed by atoms with E-state index in [4.69, 9.17) is 9.47 Å². The SMILES string of the molecule is COc1ccc(CCN2C(=O)C[C@H]3[C@@H]2CCN3Cc2nc[nH]c2C)cc1OC. The number of ether oxygens (including phenoxy) is 2. The Hall–Kier alpha value is -2.54. The molecule has 7 nitrogen and oxygen atoms in total. The maximum Gasteiger partial charge on any atom is 0.224 e. The number of nitrogens with zero attached hydrogens (tertiary/aromatic N) is 3. The van der Waals surface area contributed by atoms with E-state index in [1.165, 1.54) is 0 Å². The van der Waals surface area contributed by atoms with Crippen molar-refractivity contribution in [2.24, 2.45) is 0 Å². The molecule has 0 aliphatic carbocycles. The first-order chi connectivity index (χ1) is 13.6. The second-order valence-electron chi connectivity index (χ2n) is 7.60. The van der Waals surface area contributed by atoms with Gasteiger partial charge >= 0.3 is 0 Å². The van der Waals surface area contributed by atoms with Crippen molar-refractivity contribution in [3.8, 4) is 11.5 Å². The summed E-state index contributed by atoms with van der Waals surface area (Å²) in [5, 5.41) is 0. The van der Waals surface area contributed by atoms with Crippen molar-refractivity contribution in [3.63, 3.8) is 0 Å². The molecule has 0 bridgehead atoms. The van der Waals surface area contributed by atoms with E-state index in [0.717, 1.165) is 60.9 Å². The number of likely N-dealkylation sites (tertiary alicyclic amines) is 2. The number of H-pyrrole nitrogens is 1. The zero-order chi connectivity index (χ0) is 19.7. The van der Waals surface area contributed by atoms with Gasteiger partial charge in [0.2, 0.25) is 5.91 Å². The lowest BCUT2D eigenvalue weighted by atomic mass is 10.1. The first-order valence-electron chi connectivity index (χ1n) is 9.84. The van der Waals surface area contributed by atoms with Crippen LogP contribution < -0.4 is 9.47 Å². The number of aryl methyl sites for hydroxylation is 1. The summed E-state index contributed by atoms with van der Waals surface area (Å²) < 4.78 is 10.7. The Bertz CT molecular complexity index is 850. The average molecular weight is 384 g/mol. The van der Waals surface area contributed by atoms with Gasteiger partial charge in [-0.1, -0.05) is 6.07 Å². The predicted octanol–water partition coefficient (Wildman–Crippen LogP) is 2.15. The third kappa shape index (κ3) is 3.46. The molecule has 2 saturated heterocycles. The van der Waals surface area contributed by atoms with Crippen LogP contribution in [0.15, 0.2) is 24.5 Å². The van der Waals surface area contributed by atoms with E-state index in [-0.39, 0.29) is 5.91 Å². The number of carbonyl (C=O) groups excluding carboxylic acids is 1. The molecule has 150 valence electrons. The van der Waals surface area contributed by atoms with Gasteiger partial charge in [-0.3, -0.25) is 9.69 Å². The molecule has 28 heavy (non-hydrogen) atoms. The minimum atomic E-state index is 0.263. The standard InChI is InChI=1S/C21H28N4O3/c1-14-16(23-13-22-14)12-24-8-7-17-18(24)11-21(26)25(17)9-6-15-4-5-19(27-2)20(10-15)28-3/h4-5,10,13,17-18H,6-9,11-12H2,1-3H3,(H,22,23)/t17-,18-/m0/s1. The molecule has 2 aromatic rings. The molecule has 0 radical (unpaired) electrons. The summed E-state index contributed by atoms with van der Waals surface area (Å²) in [6.45, 7) is 4.62. The van der Waals surface area contributed by atoms with Crippen LogP contribution in [0.25, 0.3) is 0 Å². The van der Waals surface area contributed by atoms with Gasteiger partial charge in [0.1, 0.15) is 0 Å². The summed E-state index contributed by atoms with van der Waals surface area (Å²) in [5.41, 5.74) is 3.34. The van der Waals surface area contributed by atoms with Crippen molar-refractivity contribution < 1.29 is 14.3 Å². The summed E-state index contributed by atoms with van der Waals surface area (Å²) in [5.74, 6) is 1.72. The number of rotatable bonds is 7. The molecule has 0 spiro atoms. The van der Waals surface area contributed by atoms with E-state index in [2.05, 4.69) is 19.8 Å². The molecule has 0 saturated carbocycles. The van der Waals surface area contributed by atoms with Gasteiger partial charge in [-0.2, -0.15) is 0 Å². The largest absolute Gasteiger partial charge is 0.493 e. The third-order valence-electron chi connectivity index (χ3n) is 6.11. The van der Waals surface area contributed by atoms with Gasteiger partial charge in [-0.05, 0) is 37.5 Å². The highest BCUT2D eigenvalue weighted by Gasteiger charge is 2.46. The highest BCUT2D eigenvalue weighted by Crippen LogP contribution is 2.34. The molecular weight excluding hydrogens is 356 g/mol. The number of aromatic amines is 1. The number of hydrogen-bond donors (Lipinski definition) is 1. The van der Waals surface area contributed by atoms with Crippen LogP contribution in [0.4, 0.5) is 0 Å². The van der Waals surface area contributed by atoms with E-state index in [1.807, 2.05) is 25.1 Å². The van der Waals surface area contributed by atoms with E-state index in [9.17, 15) is 4.79 Å². The lowest BCUT2D eigenvalue weighted by molar-refractivity contribution is -0.129. The van der Waals surface area contributed by atoms with Gasteiger partial charge in [-0.25, -0.2) is 4.98 Å². The molecule has 2 atom stereocenters. The first kappa shape index (κ1) is 18.8. The molecule has 1 amide bonds. The zero-order valence-electron chi connectivity index (χ0n) is 16.8. The third-order valence-corrected chi connectivity index (χ3v) is 6.11. The molecule has 7 heteroatoms. The van der Waals surface area contributed by atoms with Crippen LogP contribution in [0.2, 0.25) is 0 Å². The smallest absolute Gasteiger partial charge is 0.224 e. The van der Waals surface area contributed by atoms with Crippen molar-refractivity contribution in [3.05, 3.63) is 41.5 Å². The normalized spacial score (nSPS) is 22.0. The van der Waals surface area contributed by atoms with Gasteiger partial charge in [-0.15, -0.1) is 0 Å². The zero-order valence-corrected chi connectivity index (χ0v) is 16.8. The number of hydrogen-bond acceptors (Lipinski definition) is 5. The van der Waals surface area contributed by atoms with Crippen LogP contribution in [0.1, 0.15) is 29.8 Å². The van der Waals surface area contributed by atoms with Crippen LogP contribution >= 0.6 is 0 Å². The number of carbonyl (C=O) groups is 1. The molecule has 2 aliphatic heterocycles. The summed E-state index contributed by atoms with van der Waals surface area (Å²) in [4.78, 5) is 24.7. The Morgan fingerprint density at radius 1 is 1.21 bits per heavy atom. The fourth-order valence-corrected chi connectivity index (χ4v) is 4.52. The van der Waals surface area contributed by atoms with Crippen molar-refractivity contribution in [2.75, 3.05) is 27.3 Å². The van der Waals surface area contributed by atoms with Crippen molar-refractivity contribution in [1.29, 1.82) is 0 Å². The molecule has 1 aromatic heterocycles. The summed E-state index contributed by atoms with van der Waals surface area (Å²) in [7, 11) is 3.28. The lowest BCUT2D eigenvalue weighted by Crippen LogP contribution is -2.38. The summed E-state index contributed by atoms with van der Waals surface area (Å²) in [6.07, 6.45) is 4.20. The van der Waals surface area contributed by atoms with Gasteiger partial charge in [0, 0.05) is 43.8 Å². The van der Waals surface area contributed by atoms with Gasteiger partial charge in [0.15, 0.2) is 11.5 Å². The number of aromatic nitrogens is 2. The predicted molar refractivity (Wildman–Crippen MR) is 106 cm³/mol. The van der Waals surface area contributed by atoms with Gasteiger partial charge < -0.3 is 19.4 Å². The topological polar surface area (TPSA) is 70.7 Å². The van der Waals surface area contributed by atoms with E-state index in [0.29, 0.717) is 18.5 Å². The summed E-state index contributed by atoms with van der Waals surface area (Å²) >= 11 is 0. The van der Waals surface area contributed by atoms with Gasteiger partial charge in [0.25, 0.3) is 0 Å². The van der Waals surface area contributed by atoms with Crippen LogP contribution in [-0.4, -0.2) is 65.1 Å².